The summed E-state index contributed by atoms with van der Waals surface area (Å²) in [4.78, 5) is 24.6. The maximum atomic E-state index is 12.4. The number of aryl methyl sites for hydroxylation is 1. The third kappa shape index (κ3) is 4.18. The van der Waals surface area contributed by atoms with Gasteiger partial charge in [0.1, 0.15) is 5.75 Å². The summed E-state index contributed by atoms with van der Waals surface area (Å²) < 4.78 is 5.27. The van der Waals surface area contributed by atoms with Crippen LogP contribution in [0.1, 0.15) is 17.5 Å². The SMILES string of the molecule is COc1ccc(C)cc1NC(=O)C1CC1C(=O)NCc1ccccc1. The largest absolute Gasteiger partial charge is 0.495 e. The van der Waals surface area contributed by atoms with Crippen LogP contribution in [0, 0.1) is 18.8 Å². The van der Waals surface area contributed by atoms with Gasteiger partial charge in [-0.05, 0) is 36.6 Å². The van der Waals surface area contributed by atoms with Crippen LogP contribution in [0.4, 0.5) is 5.69 Å². The number of carbonyl (C=O) groups is 2. The molecule has 0 radical (unpaired) electrons. The number of hydrogen-bond acceptors (Lipinski definition) is 3. The first-order chi connectivity index (χ1) is 12.1. The number of carbonyl (C=O) groups excluding carboxylic acids is 2. The van der Waals surface area contributed by atoms with E-state index >= 15 is 0 Å². The van der Waals surface area contributed by atoms with Crippen molar-refractivity contribution in [3.8, 4) is 5.75 Å². The normalized spacial score (nSPS) is 18.3. The molecule has 3 rings (SSSR count). The Morgan fingerprint density at radius 1 is 1.08 bits per heavy atom. The summed E-state index contributed by atoms with van der Waals surface area (Å²) in [6.45, 7) is 2.43. The van der Waals surface area contributed by atoms with Crippen molar-refractivity contribution in [3.05, 3.63) is 59.7 Å². The molecule has 0 bridgehead atoms. The van der Waals surface area contributed by atoms with Gasteiger partial charge in [0, 0.05) is 6.54 Å². The highest BCUT2D eigenvalue weighted by molar-refractivity contribution is 6.00. The van der Waals surface area contributed by atoms with Gasteiger partial charge in [-0.15, -0.1) is 0 Å². The number of benzene rings is 2. The highest BCUT2D eigenvalue weighted by atomic mass is 16.5. The highest BCUT2D eigenvalue weighted by Crippen LogP contribution is 2.40. The predicted octanol–water partition coefficient (Wildman–Crippen LogP) is 2.89. The molecule has 2 atom stereocenters. The molecule has 130 valence electrons. The minimum absolute atomic E-state index is 0.0692. The molecule has 2 unspecified atom stereocenters. The fraction of sp³-hybridized carbons (Fsp3) is 0.300. The zero-order valence-corrected chi connectivity index (χ0v) is 14.4. The van der Waals surface area contributed by atoms with Crippen molar-refractivity contribution in [2.24, 2.45) is 11.8 Å². The second kappa shape index (κ2) is 7.38. The van der Waals surface area contributed by atoms with Gasteiger partial charge in [0.25, 0.3) is 0 Å². The smallest absolute Gasteiger partial charge is 0.228 e. The first-order valence-electron chi connectivity index (χ1n) is 8.35. The second-order valence-electron chi connectivity index (χ2n) is 6.35. The molecule has 2 aromatic rings. The fourth-order valence-electron chi connectivity index (χ4n) is 2.84. The van der Waals surface area contributed by atoms with E-state index in [4.69, 9.17) is 4.74 Å². The standard InChI is InChI=1S/C20H22N2O3/c1-13-8-9-18(25-2)17(10-13)22-20(24)16-11-15(16)19(23)21-12-14-6-4-3-5-7-14/h3-10,15-16H,11-12H2,1-2H3,(H,21,23)(H,22,24). The Bertz CT molecular complexity index is 774. The van der Waals surface area contributed by atoms with E-state index in [9.17, 15) is 9.59 Å². The van der Waals surface area contributed by atoms with E-state index in [1.807, 2.05) is 55.5 Å². The number of rotatable bonds is 6. The van der Waals surface area contributed by atoms with Gasteiger partial charge in [-0.1, -0.05) is 36.4 Å². The zero-order chi connectivity index (χ0) is 17.8. The van der Waals surface area contributed by atoms with E-state index in [0.717, 1.165) is 11.1 Å². The number of anilines is 1. The zero-order valence-electron chi connectivity index (χ0n) is 14.4. The van der Waals surface area contributed by atoms with E-state index in [1.165, 1.54) is 0 Å². The van der Waals surface area contributed by atoms with E-state index < -0.39 is 0 Å². The number of nitrogens with one attached hydrogen (secondary N) is 2. The third-order valence-electron chi connectivity index (χ3n) is 4.39. The Balaban J connectivity index is 1.53. The summed E-state index contributed by atoms with van der Waals surface area (Å²) in [5, 5.41) is 5.78. The molecule has 2 amide bonds. The van der Waals surface area contributed by atoms with Crippen LogP contribution in [0.2, 0.25) is 0 Å². The van der Waals surface area contributed by atoms with Crippen LogP contribution >= 0.6 is 0 Å². The van der Waals surface area contributed by atoms with Crippen molar-refractivity contribution in [2.75, 3.05) is 12.4 Å². The lowest BCUT2D eigenvalue weighted by Crippen LogP contribution is -2.27. The lowest BCUT2D eigenvalue weighted by Gasteiger charge is -2.11. The molecule has 5 heteroatoms. The summed E-state index contributed by atoms with van der Waals surface area (Å²) in [5.41, 5.74) is 2.72. The second-order valence-corrected chi connectivity index (χ2v) is 6.35. The van der Waals surface area contributed by atoms with E-state index in [0.29, 0.717) is 24.4 Å². The molecule has 0 spiro atoms. The van der Waals surface area contributed by atoms with Crippen molar-refractivity contribution in [1.29, 1.82) is 0 Å². The third-order valence-corrected chi connectivity index (χ3v) is 4.39. The van der Waals surface area contributed by atoms with Crippen LogP contribution in [0.5, 0.6) is 5.75 Å². The lowest BCUT2D eigenvalue weighted by molar-refractivity contribution is -0.125. The van der Waals surface area contributed by atoms with E-state index in [-0.39, 0.29) is 23.7 Å². The summed E-state index contributed by atoms with van der Waals surface area (Å²) in [6, 6.07) is 15.3. The first kappa shape index (κ1) is 17.0. The number of ether oxygens (including phenoxy) is 1. The van der Waals surface area contributed by atoms with Crippen LogP contribution in [0.25, 0.3) is 0 Å². The van der Waals surface area contributed by atoms with E-state index in [2.05, 4.69) is 10.6 Å². The Morgan fingerprint density at radius 3 is 2.52 bits per heavy atom. The van der Waals surface area contributed by atoms with Crippen molar-refractivity contribution in [2.45, 2.75) is 19.9 Å². The minimum Gasteiger partial charge on any atom is -0.495 e. The molecule has 1 aliphatic rings. The molecule has 2 aromatic carbocycles. The molecule has 0 aromatic heterocycles. The molecule has 25 heavy (non-hydrogen) atoms. The average Bonchev–Trinajstić information content (AvgIpc) is 3.42. The monoisotopic (exact) mass is 338 g/mol. The lowest BCUT2D eigenvalue weighted by atomic mass is 10.2. The molecule has 0 heterocycles. The Hall–Kier alpha value is -2.82. The molecule has 0 saturated heterocycles. The van der Waals surface area contributed by atoms with Gasteiger partial charge in [0.2, 0.25) is 11.8 Å². The number of hydrogen-bond donors (Lipinski definition) is 2. The molecular formula is C20H22N2O3. The van der Waals surface area contributed by atoms with Crippen molar-refractivity contribution >= 4 is 17.5 Å². The topological polar surface area (TPSA) is 67.4 Å². The molecule has 1 saturated carbocycles. The molecule has 1 fully saturated rings. The fourth-order valence-corrected chi connectivity index (χ4v) is 2.84. The highest BCUT2D eigenvalue weighted by Gasteiger charge is 2.48. The average molecular weight is 338 g/mol. The van der Waals surface area contributed by atoms with Gasteiger partial charge in [-0.25, -0.2) is 0 Å². The Labute approximate surface area is 147 Å². The molecule has 1 aliphatic carbocycles. The van der Waals surface area contributed by atoms with Crippen LogP contribution in [-0.2, 0) is 16.1 Å². The van der Waals surface area contributed by atoms with Crippen LogP contribution in [0.3, 0.4) is 0 Å². The van der Waals surface area contributed by atoms with Gasteiger partial charge in [-0.3, -0.25) is 9.59 Å². The van der Waals surface area contributed by atoms with Crippen LogP contribution in [-0.4, -0.2) is 18.9 Å². The quantitative estimate of drug-likeness (QED) is 0.851. The molecular weight excluding hydrogens is 316 g/mol. The van der Waals surface area contributed by atoms with Gasteiger partial charge < -0.3 is 15.4 Å². The van der Waals surface area contributed by atoms with Crippen molar-refractivity contribution < 1.29 is 14.3 Å². The first-order valence-corrected chi connectivity index (χ1v) is 8.35. The van der Waals surface area contributed by atoms with Crippen molar-refractivity contribution in [1.82, 2.24) is 5.32 Å². The van der Waals surface area contributed by atoms with Gasteiger partial charge in [-0.2, -0.15) is 0 Å². The maximum Gasteiger partial charge on any atom is 0.228 e. The van der Waals surface area contributed by atoms with Crippen LogP contribution < -0.4 is 15.4 Å². The van der Waals surface area contributed by atoms with Gasteiger partial charge in [0.15, 0.2) is 0 Å². The Morgan fingerprint density at radius 2 is 1.80 bits per heavy atom. The minimum atomic E-state index is -0.277. The Kier molecular flexibility index (Phi) is 5.03. The van der Waals surface area contributed by atoms with Gasteiger partial charge in [0.05, 0.1) is 24.6 Å². The predicted molar refractivity (Wildman–Crippen MR) is 96.2 cm³/mol. The summed E-state index contributed by atoms with van der Waals surface area (Å²) in [5.74, 6) is -0.117. The number of amides is 2. The summed E-state index contributed by atoms with van der Waals surface area (Å²) in [7, 11) is 1.57. The molecule has 5 nitrogen and oxygen atoms in total. The molecule has 2 N–H and O–H groups in total. The summed E-state index contributed by atoms with van der Waals surface area (Å²) in [6.07, 6.45) is 0.584. The molecule has 0 aliphatic heterocycles. The van der Waals surface area contributed by atoms with E-state index in [1.54, 1.807) is 7.11 Å². The van der Waals surface area contributed by atoms with Crippen molar-refractivity contribution in [3.63, 3.8) is 0 Å². The van der Waals surface area contributed by atoms with Gasteiger partial charge >= 0.3 is 0 Å². The number of methoxy groups -OCH3 is 1. The summed E-state index contributed by atoms with van der Waals surface area (Å²) >= 11 is 0. The van der Waals surface area contributed by atoms with Crippen LogP contribution in [0.15, 0.2) is 48.5 Å². The maximum absolute atomic E-state index is 12.4.